The zero-order valence-electron chi connectivity index (χ0n) is 13.4. The molecule has 2 rings (SSSR count). The molecule has 0 spiro atoms. The van der Waals surface area contributed by atoms with Gasteiger partial charge in [-0.1, -0.05) is 13.3 Å². The summed E-state index contributed by atoms with van der Waals surface area (Å²) in [5, 5.41) is 0. The van der Waals surface area contributed by atoms with Gasteiger partial charge in [0.05, 0.1) is 6.10 Å². The van der Waals surface area contributed by atoms with Crippen LogP contribution in [0.5, 0.6) is 0 Å². The summed E-state index contributed by atoms with van der Waals surface area (Å²) in [5.41, 5.74) is 0. The van der Waals surface area contributed by atoms with Crippen LogP contribution < -0.4 is 0 Å². The summed E-state index contributed by atoms with van der Waals surface area (Å²) in [6, 6.07) is 0. The summed E-state index contributed by atoms with van der Waals surface area (Å²) < 4.78 is 7.55. The van der Waals surface area contributed by atoms with Crippen LogP contribution in [0.25, 0.3) is 0 Å². The van der Waals surface area contributed by atoms with Crippen LogP contribution in [0.4, 0.5) is 4.79 Å². The van der Waals surface area contributed by atoms with Crippen molar-refractivity contribution >= 4 is 6.09 Å². The van der Waals surface area contributed by atoms with Crippen LogP contribution in [0.2, 0.25) is 0 Å². The molecule has 1 aliphatic rings. The fourth-order valence-corrected chi connectivity index (χ4v) is 2.83. The highest BCUT2D eigenvalue weighted by Gasteiger charge is 2.28. The number of hydrogen-bond donors (Lipinski definition) is 0. The van der Waals surface area contributed by atoms with E-state index in [1.807, 2.05) is 24.9 Å². The second-order valence-corrected chi connectivity index (χ2v) is 6.05. The standard InChI is InChI=1S/C16H27N3O2/c1-4-5-9-18-11-8-17-15(18)14-7-6-10-19(12-14)16(20)21-13(2)3/h8,11,13-14H,4-7,9-10,12H2,1-3H3/t14-/m1/s1. The number of ether oxygens (including phenoxy) is 1. The first-order chi connectivity index (χ1) is 10.1. The summed E-state index contributed by atoms with van der Waals surface area (Å²) >= 11 is 0. The Balaban J connectivity index is 2.00. The number of nitrogens with zero attached hydrogens (tertiary/aromatic N) is 3. The van der Waals surface area contributed by atoms with Crippen LogP contribution in [0.1, 0.15) is 58.2 Å². The highest BCUT2D eigenvalue weighted by molar-refractivity contribution is 5.68. The lowest BCUT2D eigenvalue weighted by Crippen LogP contribution is -2.40. The van der Waals surface area contributed by atoms with E-state index < -0.39 is 0 Å². The maximum absolute atomic E-state index is 12.1. The third-order valence-electron chi connectivity index (χ3n) is 3.88. The average molecular weight is 293 g/mol. The Morgan fingerprint density at radius 1 is 1.52 bits per heavy atom. The van der Waals surface area contributed by atoms with E-state index in [4.69, 9.17) is 4.74 Å². The Morgan fingerprint density at radius 3 is 3.05 bits per heavy atom. The molecule has 0 unspecified atom stereocenters. The van der Waals surface area contributed by atoms with Gasteiger partial charge in [0.15, 0.2) is 0 Å². The molecule has 5 nitrogen and oxygen atoms in total. The molecule has 1 atom stereocenters. The second kappa shape index (κ2) is 7.48. The summed E-state index contributed by atoms with van der Waals surface area (Å²) in [6.45, 7) is 8.49. The molecular formula is C16H27N3O2. The lowest BCUT2D eigenvalue weighted by Gasteiger charge is -2.32. The van der Waals surface area contributed by atoms with E-state index in [0.29, 0.717) is 12.5 Å². The van der Waals surface area contributed by atoms with Gasteiger partial charge in [-0.05, 0) is 33.1 Å². The fraction of sp³-hybridized carbons (Fsp3) is 0.750. The lowest BCUT2D eigenvalue weighted by molar-refractivity contribution is 0.0675. The first kappa shape index (κ1) is 15.9. The molecule has 1 fully saturated rings. The molecule has 0 saturated carbocycles. The van der Waals surface area contributed by atoms with Crippen molar-refractivity contribution in [3.05, 3.63) is 18.2 Å². The van der Waals surface area contributed by atoms with Crippen molar-refractivity contribution in [1.29, 1.82) is 0 Å². The van der Waals surface area contributed by atoms with Gasteiger partial charge >= 0.3 is 6.09 Å². The van der Waals surface area contributed by atoms with E-state index in [1.54, 1.807) is 0 Å². The van der Waals surface area contributed by atoms with Gasteiger partial charge in [-0.2, -0.15) is 0 Å². The minimum absolute atomic E-state index is 0.0654. The third-order valence-corrected chi connectivity index (χ3v) is 3.88. The van der Waals surface area contributed by atoms with E-state index in [2.05, 4.69) is 22.7 Å². The highest BCUT2D eigenvalue weighted by atomic mass is 16.6. The minimum Gasteiger partial charge on any atom is -0.447 e. The molecule has 2 heterocycles. The van der Waals surface area contributed by atoms with Crippen LogP contribution in [0.3, 0.4) is 0 Å². The Kier molecular flexibility index (Phi) is 5.65. The molecule has 1 amide bonds. The number of rotatable bonds is 5. The largest absolute Gasteiger partial charge is 0.447 e. The van der Waals surface area contributed by atoms with Crippen molar-refractivity contribution in [2.75, 3.05) is 13.1 Å². The number of carbonyl (C=O) groups excluding carboxylic acids is 1. The Hall–Kier alpha value is -1.52. The maximum atomic E-state index is 12.1. The average Bonchev–Trinajstić information content (AvgIpc) is 2.93. The van der Waals surface area contributed by atoms with Crippen molar-refractivity contribution in [3.8, 4) is 0 Å². The first-order valence-electron chi connectivity index (χ1n) is 8.08. The number of piperidine rings is 1. The molecule has 21 heavy (non-hydrogen) atoms. The van der Waals surface area contributed by atoms with Crippen molar-refractivity contribution in [2.24, 2.45) is 0 Å². The molecule has 1 aromatic heterocycles. The summed E-state index contributed by atoms with van der Waals surface area (Å²) in [5.74, 6) is 1.44. The van der Waals surface area contributed by atoms with Gasteiger partial charge in [-0.15, -0.1) is 0 Å². The van der Waals surface area contributed by atoms with Gasteiger partial charge in [0, 0.05) is 37.9 Å². The SMILES string of the molecule is CCCCn1ccnc1[C@@H]1CCCN(C(=O)OC(C)C)C1. The second-order valence-electron chi connectivity index (χ2n) is 6.05. The summed E-state index contributed by atoms with van der Waals surface area (Å²) in [7, 11) is 0. The smallest absolute Gasteiger partial charge is 0.410 e. The molecule has 118 valence electrons. The molecule has 0 aromatic carbocycles. The van der Waals surface area contributed by atoms with Crippen molar-refractivity contribution in [1.82, 2.24) is 14.5 Å². The molecule has 0 N–H and O–H groups in total. The first-order valence-corrected chi connectivity index (χ1v) is 8.08. The topological polar surface area (TPSA) is 47.4 Å². The van der Waals surface area contributed by atoms with E-state index in [9.17, 15) is 4.79 Å². The molecule has 0 aliphatic carbocycles. The maximum Gasteiger partial charge on any atom is 0.410 e. The monoisotopic (exact) mass is 293 g/mol. The number of carbonyl (C=O) groups is 1. The van der Waals surface area contributed by atoms with Crippen LogP contribution >= 0.6 is 0 Å². The molecule has 1 saturated heterocycles. The minimum atomic E-state index is -0.193. The van der Waals surface area contributed by atoms with Gasteiger partial charge in [-0.25, -0.2) is 9.78 Å². The van der Waals surface area contributed by atoms with Crippen LogP contribution in [0, 0.1) is 0 Å². The third kappa shape index (κ3) is 4.22. The molecule has 1 aromatic rings. The number of imidazole rings is 1. The van der Waals surface area contributed by atoms with Crippen LogP contribution in [-0.2, 0) is 11.3 Å². The van der Waals surface area contributed by atoms with Gasteiger partial charge < -0.3 is 14.2 Å². The number of aromatic nitrogens is 2. The van der Waals surface area contributed by atoms with Crippen molar-refractivity contribution in [2.45, 2.75) is 65.0 Å². The number of unbranched alkanes of at least 4 members (excludes halogenated alkanes) is 1. The van der Waals surface area contributed by atoms with Gasteiger partial charge in [0.1, 0.15) is 5.82 Å². The number of likely N-dealkylation sites (tertiary alicyclic amines) is 1. The van der Waals surface area contributed by atoms with Crippen molar-refractivity contribution < 1.29 is 9.53 Å². The van der Waals surface area contributed by atoms with Gasteiger partial charge in [0.2, 0.25) is 0 Å². The van der Waals surface area contributed by atoms with Crippen molar-refractivity contribution in [3.63, 3.8) is 0 Å². The summed E-state index contributed by atoms with van der Waals surface area (Å²) in [4.78, 5) is 18.4. The zero-order chi connectivity index (χ0) is 15.2. The Bertz CT molecular complexity index is 456. The predicted molar refractivity (Wildman–Crippen MR) is 82.3 cm³/mol. The van der Waals surface area contributed by atoms with E-state index in [1.165, 1.54) is 6.42 Å². The molecule has 0 bridgehead atoms. The lowest BCUT2D eigenvalue weighted by atomic mass is 9.97. The molecule has 0 radical (unpaired) electrons. The van der Waals surface area contributed by atoms with E-state index in [-0.39, 0.29) is 12.2 Å². The highest BCUT2D eigenvalue weighted by Crippen LogP contribution is 2.26. The molecule has 5 heteroatoms. The Morgan fingerprint density at radius 2 is 2.33 bits per heavy atom. The number of amides is 1. The molecule has 1 aliphatic heterocycles. The number of aryl methyl sites for hydroxylation is 1. The zero-order valence-corrected chi connectivity index (χ0v) is 13.4. The van der Waals surface area contributed by atoms with E-state index >= 15 is 0 Å². The molecular weight excluding hydrogens is 266 g/mol. The van der Waals surface area contributed by atoms with Crippen LogP contribution in [-0.4, -0.2) is 39.7 Å². The Labute approximate surface area is 127 Å². The van der Waals surface area contributed by atoms with E-state index in [0.717, 1.165) is 38.2 Å². The summed E-state index contributed by atoms with van der Waals surface area (Å²) in [6.07, 6.45) is 8.11. The van der Waals surface area contributed by atoms with Crippen LogP contribution in [0.15, 0.2) is 12.4 Å². The normalized spacial score (nSPS) is 19.0. The number of hydrogen-bond acceptors (Lipinski definition) is 3. The quantitative estimate of drug-likeness (QED) is 0.836. The predicted octanol–water partition coefficient (Wildman–Crippen LogP) is 3.41. The van der Waals surface area contributed by atoms with Gasteiger partial charge in [-0.3, -0.25) is 0 Å². The fourth-order valence-electron chi connectivity index (χ4n) is 2.83. The van der Waals surface area contributed by atoms with Gasteiger partial charge in [0.25, 0.3) is 0 Å².